The number of aliphatic hydroxyl groups is 1. The molecular weight excluding hydrogens is 174 g/mol. The standard InChI is InChI=1S/C12H21NO/c1-13-10-4-5-11(13)7-9(6-10)12(14)8-2-3-8/h8-12,14H,2-7H2,1H3. The summed E-state index contributed by atoms with van der Waals surface area (Å²) >= 11 is 0. The first-order valence-corrected chi connectivity index (χ1v) is 6.15. The number of piperidine rings is 1. The van der Waals surface area contributed by atoms with E-state index in [1.807, 2.05) is 0 Å². The molecule has 3 unspecified atom stereocenters. The molecule has 1 saturated carbocycles. The van der Waals surface area contributed by atoms with E-state index in [4.69, 9.17) is 0 Å². The first-order valence-electron chi connectivity index (χ1n) is 6.15. The Morgan fingerprint density at radius 2 is 1.57 bits per heavy atom. The van der Waals surface area contributed by atoms with Crippen LogP contribution in [0, 0.1) is 11.8 Å². The molecule has 1 aliphatic carbocycles. The van der Waals surface area contributed by atoms with E-state index in [2.05, 4.69) is 11.9 Å². The van der Waals surface area contributed by atoms with Crippen LogP contribution in [0.3, 0.4) is 0 Å². The molecule has 3 aliphatic rings. The van der Waals surface area contributed by atoms with E-state index < -0.39 is 0 Å². The summed E-state index contributed by atoms with van der Waals surface area (Å²) in [4.78, 5) is 2.55. The van der Waals surface area contributed by atoms with Gasteiger partial charge in [-0.3, -0.25) is 0 Å². The number of rotatable bonds is 2. The third-order valence-electron chi connectivity index (χ3n) is 4.72. The van der Waals surface area contributed by atoms with Gasteiger partial charge in [-0.25, -0.2) is 0 Å². The van der Waals surface area contributed by atoms with Gasteiger partial charge in [0.1, 0.15) is 0 Å². The summed E-state index contributed by atoms with van der Waals surface area (Å²) in [6, 6.07) is 1.57. The molecule has 2 nitrogen and oxygen atoms in total. The van der Waals surface area contributed by atoms with Crippen LogP contribution >= 0.6 is 0 Å². The van der Waals surface area contributed by atoms with E-state index in [-0.39, 0.29) is 6.10 Å². The van der Waals surface area contributed by atoms with Crippen LogP contribution in [0.2, 0.25) is 0 Å². The van der Waals surface area contributed by atoms with Gasteiger partial charge in [-0.1, -0.05) is 0 Å². The zero-order valence-corrected chi connectivity index (χ0v) is 9.02. The number of hydrogen-bond donors (Lipinski definition) is 1. The second kappa shape index (κ2) is 3.21. The maximum Gasteiger partial charge on any atom is 0.0597 e. The molecule has 2 heteroatoms. The molecule has 3 fully saturated rings. The minimum absolute atomic E-state index is 0.0341. The normalized spacial score (nSPS) is 45.4. The number of aliphatic hydroxyl groups excluding tert-OH is 1. The summed E-state index contributed by atoms with van der Waals surface area (Å²) in [6.07, 6.45) is 7.84. The first kappa shape index (κ1) is 9.17. The van der Waals surface area contributed by atoms with Crippen molar-refractivity contribution in [3.8, 4) is 0 Å². The van der Waals surface area contributed by atoms with Gasteiger partial charge in [0.15, 0.2) is 0 Å². The van der Waals surface area contributed by atoms with Crippen LogP contribution in [0.1, 0.15) is 38.5 Å². The molecule has 0 spiro atoms. The summed E-state index contributed by atoms with van der Waals surface area (Å²) < 4.78 is 0. The van der Waals surface area contributed by atoms with Crippen molar-refractivity contribution in [2.75, 3.05) is 7.05 Å². The Balaban J connectivity index is 1.67. The molecule has 0 aromatic rings. The number of nitrogens with zero attached hydrogens (tertiary/aromatic N) is 1. The fourth-order valence-electron chi connectivity index (χ4n) is 3.56. The van der Waals surface area contributed by atoms with Crippen molar-refractivity contribution in [1.82, 2.24) is 4.90 Å². The minimum Gasteiger partial charge on any atom is -0.393 e. The van der Waals surface area contributed by atoms with Crippen LogP contribution in [-0.4, -0.2) is 35.2 Å². The van der Waals surface area contributed by atoms with Gasteiger partial charge in [-0.15, -0.1) is 0 Å². The van der Waals surface area contributed by atoms with Crippen LogP contribution in [0.4, 0.5) is 0 Å². The quantitative estimate of drug-likeness (QED) is 0.724. The van der Waals surface area contributed by atoms with Crippen molar-refractivity contribution in [3.63, 3.8) is 0 Å². The van der Waals surface area contributed by atoms with E-state index in [0.717, 1.165) is 12.1 Å². The van der Waals surface area contributed by atoms with Crippen LogP contribution < -0.4 is 0 Å². The predicted molar refractivity (Wildman–Crippen MR) is 56.0 cm³/mol. The smallest absolute Gasteiger partial charge is 0.0597 e. The largest absolute Gasteiger partial charge is 0.393 e. The maximum absolute atomic E-state index is 10.1. The van der Waals surface area contributed by atoms with E-state index in [9.17, 15) is 5.11 Å². The van der Waals surface area contributed by atoms with Crippen LogP contribution in [0.5, 0.6) is 0 Å². The summed E-state index contributed by atoms with van der Waals surface area (Å²) in [5.41, 5.74) is 0. The van der Waals surface area contributed by atoms with E-state index in [1.165, 1.54) is 38.5 Å². The van der Waals surface area contributed by atoms with Gasteiger partial charge in [0.05, 0.1) is 6.10 Å². The Kier molecular flexibility index (Phi) is 2.10. The molecule has 2 bridgehead atoms. The highest BCUT2D eigenvalue weighted by atomic mass is 16.3. The molecule has 80 valence electrons. The zero-order valence-electron chi connectivity index (χ0n) is 9.02. The Hall–Kier alpha value is -0.0800. The highest BCUT2D eigenvalue weighted by Gasteiger charge is 2.44. The van der Waals surface area contributed by atoms with Gasteiger partial charge >= 0.3 is 0 Å². The Morgan fingerprint density at radius 1 is 1.00 bits per heavy atom. The van der Waals surface area contributed by atoms with Crippen molar-refractivity contribution in [3.05, 3.63) is 0 Å². The highest BCUT2D eigenvalue weighted by Crippen LogP contribution is 2.44. The second-order valence-electron chi connectivity index (χ2n) is 5.61. The molecule has 2 saturated heterocycles. The van der Waals surface area contributed by atoms with Crippen LogP contribution in [0.15, 0.2) is 0 Å². The lowest BCUT2D eigenvalue weighted by molar-refractivity contribution is 0.0241. The number of fused-ring (bicyclic) bond motifs is 2. The van der Waals surface area contributed by atoms with E-state index in [1.54, 1.807) is 0 Å². The number of hydrogen-bond acceptors (Lipinski definition) is 2. The summed E-state index contributed by atoms with van der Waals surface area (Å²) in [5.74, 6) is 1.29. The van der Waals surface area contributed by atoms with Crippen molar-refractivity contribution >= 4 is 0 Å². The van der Waals surface area contributed by atoms with Crippen molar-refractivity contribution in [2.45, 2.75) is 56.7 Å². The third kappa shape index (κ3) is 1.40. The molecule has 0 aromatic carbocycles. The lowest BCUT2D eigenvalue weighted by Crippen LogP contribution is -2.43. The van der Waals surface area contributed by atoms with Gasteiger partial charge in [0, 0.05) is 12.1 Å². The van der Waals surface area contributed by atoms with Gasteiger partial charge in [0.25, 0.3) is 0 Å². The molecule has 0 amide bonds. The lowest BCUT2D eigenvalue weighted by atomic mass is 9.85. The average molecular weight is 195 g/mol. The Morgan fingerprint density at radius 3 is 2.07 bits per heavy atom. The second-order valence-corrected chi connectivity index (χ2v) is 5.61. The molecule has 3 rings (SSSR count). The molecule has 2 aliphatic heterocycles. The molecule has 14 heavy (non-hydrogen) atoms. The van der Waals surface area contributed by atoms with Gasteiger partial charge in [0.2, 0.25) is 0 Å². The average Bonchev–Trinajstić information content (AvgIpc) is 3.00. The first-order chi connectivity index (χ1) is 6.75. The summed E-state index contributed by atoms with van der Waals surface area (Å²) in [5, 5.41) is 10.1. The molecular formula is C12H21NO. The fraction of sp³-hybridized carbons (Fsp3) is 1.00. The van der Waals surface area contributed by atoms with Gasteiger partial charge in [-0.2, -0.15) is 0 Å². The highest BCUT2D eigenvalue weighted by molar-refractivity contribution is 4.97. The Bertz CT molecular complexity index is 212. The topological polar surface area (TPSA) is 23.5 Å². The van der Waals surface area contributed by atoms with Crippen LogP contribution in [-0.2, 0) is 0 Å². The SMILES string of the molecule is CN1C2CCC1CC(C(O)C1CC1)C2. The van der Waals surface area contributed by atoms with E-state index >= 15 is 0 Å². The maximum atomic E-state index is 10.1. The van der Waals surface area contributed by atoms with Crippen molar-refractivity contribution in [1.29, 1.82) is 0 Å². The zero-order chi connectivity index (χ0) is 9.71. The van der Waals surface area contributed by atoms with Gasteiger partial charge in [-0.05, 0) is 57.4 Å². The van der Waals surface area contributed by atoms with Gasteiger partial charge < -0.3 is 10.0 Å². The minimum atomic E-state index is 0.0341. The molecule has 3 atom stereocenters. The Labute approximate surface area is 86.3 Å². The van der Waals surface area contributed by atoms with Crippen molar-refractivity contribution < 1.29 is 5.11 Å². The lowest BCUT2D eigenvalue weighted by Gasteiger charge is -2.38. The fourth-order valence-corrected chi connectivity index (χ4v) is 3.56. The monoisotopic (exact) mass is 195 g/mol. The van der Waals surface area contributed by atoms with E-state index in [0.29, 0.717) is 11.8 Å². The summed E-state index contributed by atoms with van der Waals surface area (Å²) in [7, 11) is 2.27. The van der Waals surface area contributed by atoms with Crippen LogP contribution in [0.25, 0.3) is 0 Å². The molecule has 1 N–H and O–H groups in total. The molecule has 2 heterocycles. The summed E-state index contributed by atoms with van der Waals surface area (Å²) in [6.45, 7) is 0. The molecule has 0 aromatic heterocycles. The third-order valence-corrected chi connectivity index (χ3v) is 4.72. The molecule has 0 radical (unpaired) electrons. The predicted octanol–water partition coefficient (Wildman–Crippen LogP) is 1.63. The van der Waals surface area contributed by atoms with Crippen molar-refractivity contribution in [2.24, 2.45) is 11.8 Å².